The molecule has 0 amide bonds. The van der Waals surface area contributed by atoms with Gasteiger partial charge in [-0.2, -0.15) is 0 Å². The van der Waals surface area contributed by atoms with Crippen molar-refractivity contribution in [3.63, 3.8) is 0 Å². The summed E-state index contributed by atoms with van der Waals surface area (Å²) < 4.78 is 5.68. The highest BCUT2D eigenvalue weighted by molar-refractivity contribution is 4.85. The van der Waals surface area contributed by atoms with Gasteiger partial charge in [-0.15, -0.1) is 0 Å². The maximum absolute atomic E-state index is 5.68. The average Bonchev–Trinajstić information content (AvgIpc) is 2.01. The number of nitrogens with zero attached hydrogens (tertiary/aromatic N) is 1. The Morgan fingerprint density at radius 1 is 1.43 bits per heavy atom. The van der Waals surface area contributed by atoms with Crippen LogP contribution in [0.25, 0.3) is 0 Å². The van der Waals surface area contributed by atoms with Crippen LogP contribution < -0.4 is 5.32 Å². The first-order valence-corrected chi connectivity index (χ1v) is 5.40. The van der Waals surface area contributed by atoms with Gasteiger partial charge in [-0.25, -0.2) is 0 Å². The molecule has 0 unspecified atom stereocenters. The van der Waals surface area contributed by atoms with E-state index in [-0.39, 0.29) is 11.1 Å². The van der Waals surface area contributed by atoms with Gasteiger partial charge in [-0.05, 0) is 34.7 Å². The lowest BCUT2D eigenvalue weighted by atomic mass is 10.0. The van der Waals surface area contributed by atoms with Crippen molar-refractivity contribution in [2.75, 3.05) is 33.3 Å². The Morgan fingerprint density at radius 3 is 2.57 bits per heavy atom. The van der Waals surface area contributed by atoms with Crippen LogP contribution in [0.2, 0.25) is 0 Å². The molecule has 1 heterocycles. The van der Waals surface area contributed by atoms with Crippen molar-refractivity contribution >= 4 is 0 Å². The van der Waals surface area contributed by atoms with Crippen molar-refractivity contribution in [3.05, 3.63) is 0 Å². The fourth-order valence-corrected chi connectivity index (χ4v) is 1.89. The number of hydrogen-bond donors (Lipinski definition) is 1. The molecule has 1 aliphatic rings. The van der Waals surface area contributed by atoms with E-state index in [1.54, 1.807) is 0 Å². The fourth-order valence-electron chi connectivity index (χ4n) is 1.89. The summed E-state index contributed by atoms with van der Waals surface area (Å²) in [5.74, 6) is 0. The monoisotopic (exact) mass is 200 g/mol. The van der Waals surface area contributed by atoms with Crippen LogP contribution in [-0.2, 0) is 4.74 Å². The van der Waals surface area contributed by atoms with E-state index < -0.39 is 0 Å². The van der Waals surface area contributed by atoms with E-state index in [0.29, 0.717) is 0 Å². The number of hydrogen-bond acceptors (Lipinski definition) is 3. The molecule has 3 heteroatoms. The highest BCUT2D eigenvalue weighted by Crippen LogP contribution is 2.18. The van der Waals surface area contributed by atoms with Crippen molar-refractivity contribution in [3.8, 4) is 0 Å². The molecule has 0 radical (unpaired) electrons. The Balaban J connectivity index is 2.46. The lowest BCUT2D eigenvalue weighted by molar-refractivity contribution is -0.0899. The minimum Gasteiger partial charge on any atom is -0.373 e. The second-order valence-electron chi connectivity index (χ2n) is 5.45. The average molecular weight is 200 g/mol. The van der Waals surface area contributed by atoms with Crippen LogP contribution in [0, 0.1) is 0 Å². The van der Waals surface area contributed by atoms with Crippen LogP contribution in [0.4, 0.5) is 0 Å². The third-order valence-electron chi connectivity index (χ3n) is 2.80. The number of nitrogens with one attached hydrogen (secondary N) is 1. The molecule has 3 nitrogen and oxygen atoms in total. The lowest BCUT2D eigenvalue weighted by Gasteiger charge is -2.41. The van der Waals surface area contributed by atoms with Crippen molar-refractivity contribution in [2.45, 2.75) is 38.8 Å². The molecule has 0 atom stereocenters. The van der Waals surface area contributed by atoms with Gasteiger partial charge in [0.2, 0.25) is 0 Å². The SMILES string of the molecule is CNC(C)(C)CN1CCOC(C)(C)C1. The molecule has 0 aromatic carbocycles. The Kier molecular flexibility index (Phi) is 3.56. The fraction of sp³-hybridized carbons (Fsp3) is 1.00. The molecule has 14 heavy (non-hydrogen) atoms. The van der Waals surface area contributed by atoms with Gasteiger partial charge in [0.1, 0.15) is 0 Å². The summed E-state index contributed by atoms with van der Waals surface area (Å²) in [4.78, 5) is 2.47. The van der Waals surface area contributed by atoms with E-state index in [1.807, 2.05) is 7.05 Å². The van der Waals surface area contributed by atoms with E-state index in [1.165, 1.54) is 0 Å². The van der Waals surface area contributed by atoms with E-state index >= 15 is 0 Å². The van der Waals surface area contributed by atoms with Crippen LogP contribution >= 0.6 is 0 Å². The maximum atomic E-state index is 5.68. The van der Waals surface area contributed by atoms with Gasteiger partial charge in [0.15, 0.2) is 0 Å². The van der Waals surface area contributed by atoms with Crippen LogP contribution in [0.15, 0.2) is 0 Å². The van der Waals surface area contributed by atoms with Gasteiger partial charge in [-0.1, -0.05) is 0 Å². The van der Waals surface area contributed by atoms with Gasteiger partial charge >= 0.3 is 0 Å². The summed E-state index contributed by atoms with van der Waals surface area (Å²) in [6, 6.07) is 0. The molecular weight excluding hydrogens is 176 g/mol. The molecular formula is C11H24N2O. The van der Waals surface area contributed by atoms with E-state index in [4.69, 9.17) is 4.74 Å². The van der Waals surface area contributed by atoms with Gasteiger partial charge in [0.25, 0.3) is 0 Å². The molecule has 0 spiro atoms. The predicted octanol–water partition coefficient (Wildman–Crippen LogP) is 1.10. The first kappa shape index (κ1) is 12.0. The molecule has 1 aliphatic heterocycles. The van der Waals surface area contributed by atoms with Crippen LogP contribution in [0.3, 0.4) is 0 Å². The molecule has 0 aliphatic carbocycles. The summed E-state index contributed by atoms with van der Waals surface area (Å²) in [5.41, 5.74) is 0.204. The Bertz CT molecular complexity index is 190. The first-order chi connectivity index (χ1) is 6.35. The zero-order chi connectivity index (χ0) is 10.8. The molecule has 1 saturated heterocycles. The summed E-state index contributed by atoms with van der Waals surface area (Å²) in [6.45, 7) is 12.8. The minimum absolute atomic E-state index is 0.0159. The van der Waals surface area contributed by atoms with Crippen molar-refractivity contribution in [1.29, 1.82) is 0 Å². The molecule has 0 bridgehead atoms. The number of rotatable bonds is 3. The number of morpholine rings is 1. The van der Waals surface area contributed by atoms with Crippen molar-refractivity contribution < 1.29 is 4.74 Å². The van der Waals surface area contributed by atoms with Gasteiger partial charge in [0, 0.05) is 25.2 Å². The zero-order valence-electron chi connectivity index (χ0n) is 10.2. The quantitative estimate of drug-likeness (QED) is 0.738. The van der Waals surface area contributed by atoms with Crippen molar-refractivity contribution in [1.82, 2.24) is 10.2 Å². The van der Waals surface area contributed by atoms with Gasteiger partial charge < -0.3 is 10.1 Å². The highest BCUT2D eigenvalue weighted by Gasteiger charge is 2.29. The van der Waals surface area contributed by atoms with Crippen LogP contribution in [-0.4, -0.2) is 49.3 Å². The summed E-state index contributed by atoms with van der Waals surface area (Å²) in [5, 5.41) is 3.33. The van der Waals surface area contributed by atoms with Gasteiger partial charge in [0.05, 0.1) is 12.2 Å². The number of ether oxygens (including phenoxy) is 1. The summed E-state index contributed by atoms with van der Waals surface area (Å²) >= 11 is 0. The smallest absolute Gasteiger partial charge is 0.0753 e. The summed E-state index contributed by atoms with van der Waals surface area (Å²) in [6.07, 6.45) is 0. The Labute approximate surface area is 87.8 Å². The minimum atomic E-state index is 0.0159. The van der Waals surface area contributed by atoms with E-state index in [2.05, 4.69) is 37.9 Å². The lowest BCUT2D eigenvalue weighted by Crippen LogP contribution is -2.55. The highest BCUT2D eigenvalue weighted by atomic mass is 16.5. The predicted molar refractivity (Wildman–Crippen MR) is 59.6 cm³/mol. The molecule has 1 rings (SSSR count). The molecule has 1 N–H and O–H groups in total. The topological polar surface area (TPSA) is 24.5 Å². The second kappa shape index (κ2) is 4.17. The van der Waals surface area contributed by atoms with E-state index in [0.717, 1.165) is 26.2 Å². The third kappa shape index (κ3) is 3.56. The first-order valence-electron chi connectivity index (χ1n) is 5.40. The third-order valence-corrected chi connectivity index (χ3v) is 2.80. The normalized spacial score (nSPS) is 23.8. The molecule has 0 aromatic rings. The standard InChI is InChI=1S/C11H24N2O/c1-10(2,12-5)8-13-6-7-14-11(3,4)9-13/h12H,6-9H2,1-5H3. The van der Waals surface area contributed by atoms with Crippen LogP contribution in [0.1, 0.15) is 27.7 Å². The summed E-state index contributed by atoms with van der Waals surface area (Å²) in [7, 11) is 2.02. The second-order valence-corrected chi connectivity index (χ2v) is 5.45. The van der Waals surface area contributed by atoms with Crippen molar-refractivity contribution in [2.24, 2.45) is 0 Å². The Hall–Kier alpha value is -0.120. The molecule has 0 saturated carbocycles. The maximum Gasteiger partial charge on any atom is 0.0753 e. The zero-order valence-corrected chi connectivity index (χ0v) is 10.2. The molecule has 84 valence electrons. The molecule has 1 fully saturated rings. The van der Waals surface area contributed by atoms with E-state index in [9.17, 15) is 0 Å². The Morgan fingerprint density at radius 2 is 2.07 bits per heavy atom. The van der Waals surface area contributed by atoms with Gasteiger partial charge in [-0.3, -0.25) is 4.90 Å². The largest absolute Gasteiger partial charge is 0.373 e. The number of likely N-dealkylation sites (N-methyl/N-ethyl adjacent to an activating group) is 1. The molecule has 0 aromatic heterocycles. The van der Waals surface area contributed by atoms with Crippen LogP contribution in [0.5, 0.6) is 0 Å².